The van der Waals surface area contributed by atoms with Gasteiger partial charge in [0.15, 0.2) is 6.61 Å². The maximum absolute atomic E-state index is 13.0. The molecule has 0 radical (unpaired) electrons. The highest BCUT2D eigenvalue weighted by molar-refractivity contribution is 6.00. The van der Waals surface area contributed by atoms with E-state index in [1.807, 2.05) is 26.0 Å². The fourth-order valence-electron chi connectivity index (χ4n) is 2.75. The van der Waals surface area contributed by atoms with Gasteiger partial charge in [0.2, 0.25) is 5.78 Å². The Kier molecular flexibility index (Phi) is 7.04. The van der Waals surface area contributed by atoms with Crippen molar-refractivity contribution in [3.8, 4) is 0 Å². The number of hydrogen-bond donors (Lipinski definition) is 1. The number of carbonyl (C=O) groups is 3. The molecule has 0 aliphatic carbocycles. The summed E-state index contributed by atoms with van der Waals surface area (Å²) < 4.78 is 18.2. The molecule has 0 bridgehead atoms. The molecule has 0 spiro atoms. The summed E-state index contributed by atoms with van der Waals surface area (Å²) in [6.45, 7) is 6.85. The standard InChI is InChI=1S/C22H24FNO4/c1-13(2)20(24-21(26)16-6-8-17(23)9-7-16)22(27)28-12-19(25)18-10-5-14(3)11-15(18)4/h5-11,13,20H,12H2,1-4H3,(H,24,26)/t20-/m0/s1. The summed E-state index contributed by atoms with van der Waals surface area (Å²) in [4.78, 5) is 37.1. The average Bonchev–Trinajstić information content (AvgIpc) is 2.64. The number of nitrogens with one attached hydrogen (secondary N) is 1. The van der Waals surface area contributed by atoms with Gasteiger partial charge in [0.1, 0.15) is 11.9 Å². The van der Waals surface area contributed by atoms with Crippen LogP contribution in [0.4, 0.5) is 4.39 Å². The van der Waals surface area contributed by atoms with Crippen molar-refractivity contribution in [1.82, 2.24) is 5.32 Å². The molecule has 148 valence electrons. The largest absolute Gasteiger partial charge is 0.456 e. The van der Waals surface area contributed by atoms with Crippen molar-refractivity contribution < 1.29 is 23.5 Å². The summed E-state index contributed by atoms with van der Waals surface area (Å²) >= 11 is 0. The first-order valence-electron chi connectivity index (χ1n) is 9.02. The molecule has 1 N–H and O–H groups in total. The molecule has 1 amide bonds. The lowest BCUT2D eigenvalue weighted by Gasteiger charge is -2.21. The zero-order chi connectivity index (χ0) is 20.8. The molecule has 0 saturated carbocycles. The van der Waals surface area contributed by atoms with Crippen molar-refractivity contribution >= 4 is 17.7 Å². The molecule has 0 aliphatic heterocycles. The van der Waals surface area contributed by atoms with E-state index in [2.05, 4.69) is 5.32 Å². The van der Waals surface area contributed by atoms with Gasteiger partial charge in [0.25, 0.3) is 5.91 Å². The van der Waals surface area contributed by atoms with Crippen LogP contribution >= 0.6 is 0 Å². The first kappa shape index (κ1) is 21.3. The number of amides is 1. The van der Waals surface area contributed by atoms with Crippen LogP contribution in [0.15, 0.2) is 42.5 Å². The fourth-order valence-corrected chi connectivity index (χ4v) is 2.75. The highest BCUT2D eigenvalue weighted by atomic mass is 19.1. The highest BCUT2D eigenvalue weighted by Gasteiger charge is 2.27. The smallest absolute Gasteiger partial charge is 0.329 e. The van der Waals surface area contributed by atoms with Gasteiger partial charge in [-0.1, -0.05) is 37.6 Å². The van der Waals surface area contributed by atoms with Crippen LogP contribution in [0.25, 0.3) is 0 Å². The van der Waals surface area contributed by atoms with Gasteiger partial charge in [-0.3, -0.25) is 9.59 Å². The van der Waals surface area contributed by atoms with Crippen LogP contribution < -0.4 is 5.32 Å². The van der Waals surface area contributed by atoms with Gasteiger partial charge in [-0.25, -0.2) is 9.18 Å². The second kappa shape index (κ2) is 9.26. The van der Waals surface area contributed by atoms with Crippen molar-refractivity contribution in [2.45, 2.75) is 33.7 Å². The number of carbonyl (C=O) groups excluding carboxylic acids is 3. The van der Waals surface area contributed by atoms with Crippen molar-refractivity contribution in [1.29, 1.82) is 0 Å². The third-order valence-corrected chi connectivity index (χ3v) is 4.34. The van der Waals surface area contributed by atoms with Crippen LogP contribution in [0.1, 0.15) is 45.7 Å². The predicted octanol–water partition coefficient (Wildman–Crippen LogP) is 3.62. The van der Waals surface area contributed by atoms with E-state index in [4.69, 9.17) is 4.74 Å². The number of esters is 1. The van der Waals surface area contributed by atoms with Crippen LogP contribution in [-0.2, 0) is 9.53 Å². The quantitative estimate of drug-likeness (QED) is 0.584. The molecule has 0 unspecified atom stereocenters. The number of ketones is 1. The Bertz CT molecular complexity index is 875. The Labute approximate surface area is 163 Å². The highest BCUT2D eigenvalue weighted by Crippen LogP contribution is 2.13. The zero-order valence-electron chi connectivity index (χ0n) is 16.4. The number of aryl methyl sites for hydroxylation is 2. The summed E-state index contributed by atoms with van der Waals surface area (Å²) in [6, 6.07) is 9.48. The molecule has 0 aromatic heterocycles. The number of rotatable bonds is 7. The van der Waals surface area contributed by atoms with Crippen molar-refractivity contribution in [3.05, 3.63) is 70.5 Å². The van der Waals surface area contributed by atoms with Crippen LogP contribution in [-0.4, -0.2) is 30.3 Å². The molecule has 2 rings (SSSR count). The van der Waals surface area contributed by atoms with E-state index in [-0.39, 0.29) is 17.3 Å². The molecular formula is C22H24FNO4. The molecule has 2 aromatic carbocycles. The summed E-state index contributed by atoms with van der Waals surface area (Å²) in [6.07, 6.45) is 0. The van der Waals surface area contributed by atoms with Gasteiger partial charge in [0.05, 0.1) is 0 Å². The Morgan fingerprint density at radius 3 is 2.25 bits per heavy atom. The van der Waals surface area contributed by atoms with Crippen LogP contribution in [0.2, 0.25) is 0 Å². The van der Waals surface area contributed by atoms with Gasteiger partial charge in [0, 0.05) is 11.1 Å². The van der Waals surface area contributed by atoms with Crippen LogP contribution in [0.5, 0.6) is 0 Å². The van der Waals surface area contributed by atoms with Crippen molar-refractivity contribution in [3.63, 3.8) is 0 Å². The van der Waals surface area contributed by atoms with E-state index >= 15 is 0 Å². The number of benzene rings is 2. The maximum atomic E-state index is 13.0. The SMILES string of the molecule is Cc1ccc(C(=O)COC(=O)[C@@H](NC(=O)c2ccc(F)cc2)C(C)C)c(C)c1. The monoisotopic (exact) mass is 385 g/mol. The molecule has 0 heterocycles. The minimum atomic E-state index is -0.926. The van der Waals surface area contributed by atoms with Gasteiger partial charge in [-0.05, 0) is 49.6 Å². The third-order valence-electron chi connectivity index (χ3n) is 4.34. The Hall–Kier alpha value is -3.02. The fraction of sp³-hybridized carbons (Fsp3) is 0.318. The molecule has 5 nitrogen and oxygen atoms in total. The Morgan fingerprint density at radius 1 is 1.04 bits per heavy atom. The van der Waals surface area contributed by atoms with Crippen molar-refractivity contribution in [2.24, 2.45) is 5.92 Å². The molecule has 0 saturated heterocycles. The van der Waals surface area contributed by atoms with E-state index in [1.54, 1.807) is 19.9 Å². The molecule has 6 heteroatoms. The minimum absolute atomic E-state index is 0.228. The van der Waals surface area contributed by atoms with Gasteiger partial charge < -0.3 is 10.1 Å². The molecule has 0 fully saturated rings. The Balaban J connectivity index is 2.01. The van der Waals surface area contributed by atoms with Crippen molar-refractivity contribution in [2.75, 3.05) is 6.61 Å². The maximum Gasteiger partial charge on any atom is 0.329 e. The topological polar surface area (TPSA) is 72.5 Å². The second-order valence-electron chi connectivity index (χ2n) is 7.05. The van der Waals surface area contributed by atoms with Crippen LogP contribution in [0, 0.1) is 25.6 Å². The lowest BCUT2D eigenvalue weighted by molar-refractivity contribution is -0.145. The normalized spacial score (nSPS) is 11.8. The average molecular weight is 385 g/mol. The zero-order valence-corrected chi connectivity index (χ0v) is 16.4. The van der Waals surface area contributed by atoms with Gasteiger partial charge in [-0.2, -0.15) is 0 Å². The predicted molar refractivity (Wildman–Crippen MR) is 104 cm³/mol. The molecule has 28 heavy (non-hydrogen) atoms. The first-order chi connectivity index (χ1) is 13.2. The number of hydrogen-bond acceptors (Lipinski definition) is 4. The second-order valence-corrected chi connectivity index (χ2v) is 7.05. The van der Waals surface area contributed by atoms with E-state index < -0.39 is 30.3 Å². The van der Waals surface area contributed by atoms with E-state index in [1.165, 1.54) is 24.3 Å². The van der Waals surface area contributed by atoms with E-state index in [0.717, 1.165) is 11.1 Å². The minimum Gasteiger partial charge on any atom is -0.456 e. The van der Waals surface area contributed by atoms with Gasteiger partial charge >= 0.3 is 5.97 Å². The number of ether oxygens (including phenoxy) is 1. The van der Waals surface area contributed by atoms with E-state index in [9.17, 15) is 18.8 Å². The van der Waals surface area contributed by atoms with Gasteiger partial charge in [-0.15, -0.1) is 0 Å². The lowest BCUT2D eigenvalue weighted by atomic mass is 10.0. The summed E-state index contributed by atoms with van der Waals surface area (Å²) in [7, 11) is 0. The Morgan fingerprint density at radius 2 is 1.68 bits per heavy atom. The number of Topliss-reactive ketones (excluding diaryl/α,β-unsaturated/α-hetero) is 1. The molecule has 1 atom stereocenters. The first-order valence-corrected chi connectivity index (χ1v) is 9.02. The molecule has 0 aliphatic rings. The lowest BCUT2D eigenvalue weighted by Crippen LogP contribution is -2.45. The molecular weight excluding hydrogens is 361 g/mol. The number of halogens is 1. The third kappa shape index (κ3) is 5.49. The summed E-state index contributed by atoms with van der Waals surface area (Å²) in [5.41, 5.74) is 2.57. The molecule has 2 aromatic rings. The summed E-state index contributed by atoms with van der Waals surface area (Å²) in [5, 5.41) is 2.59. The summed E-state index contributed by atoms with van der Waals surface area (Å²) in [5.74, 6) is -2.23. The van der Waals surface area contributed by atoms with E-state index in [0.29, 0.717) is 5.56 Å². The van der Waals surface area contributed by atoms with Crippen LogP contribution in [0.3, 0.4) is 0 Å².